The molecule has 1 aromatic rings. The van der Waals surface area contributed by atoms with Gasteiger partial charge in [-0.15, -0.1) is 11.3 Å². The van der Waals surface area contributed by atoms with Crippen LogP contribution >= 0.6 is 11.3 Å². The standard InChI is InChI=1S/C12H19N3OS/c16-12(15-6-2-1-3-7-15)4-5-13-8-11-9-17-10-14-11/h9-10,13H,1-8H2. The molecule has 1 aromatic heterocycles. The third kappa shape index (κ3) is 4.09. The minimum Gasteiger partial charge on any atom is -0.343 e. The van der Waals surface area contributed by atoms with Crippen molar-refractivity contribution in [1.29, 1.82) is 0 Å². The number of piperidine rings is 1. The molecule has 1 saturated heterocycles. The predicted molar refractivity (Wildman–Crippen MR) is 68.9 cm³/mol. The SMILES string of the molecule is O=C(CCNCc1cscn1)N1CCCCC1. The summed E-state index contributed by atoms with van der Waals surface area (Å²) in [6, 6.07) is 0. The summed E-state index contributed by atoms with van der Waals surface area (Å²) >= 11 is 1.60. The Hall–Kier alpha value is -0.940. The lowest BCUT2D eigenvalue weighted by atomic mass is 10.1. The molecule has 94 valence electrons. The quantitative estimate of drug-likeness (QED) is 0.811. The van der Waals surface area contributed by atoms with Crippen LogP contribution in [0.5, 0.6) is 0 Å². The molecule has 1 aliphatic heterocycles. The first-order valence-electron chi connectivity index (χ1n) is 6.22. The van der Waals surface area contributed by atoms with Gasteiger partial charge >= 0.3 is 0 Å². The van der Waals surface area contributed by atoms with Crippen LogP contribution in [-0.2, 0) is 11.3 Å². The minimum absolute atomic E-state index is 0.287. The lowest BCUT2D eigenvalue weighted by molar-refractivity contribution is -0.131. The molecular weight excluding hydrogens is 234 g/mol. The Labute approximate surface area is 106 Å². The number of nitrogens with one attached hydrogen (secondary N) is 1. The molecule has 0 unspecified atom stereocenters. The van der Waals surface area contributed by atoms with Crippen LogP contribution in [0.1, 0.15) is 31.4 Å². The van der Waals surface area contributed by atoms with Crippen molar-refractivity contribution in [3.05, 3.63) is 16.6 Å². The van der Waals surface area contributed by atoms with Crippen LogP contribution in [0, 0.1) is 0 Å². The summed E-state index contributed by atoms with van der Waals surface area (Å²) in [6.07, 6.45) is 4.20. The van der Waals surface area contributed by atoms with Gasteiger partial charge in [0.05, 0.1) is 11.2 Å². The highest BCUT2D eigenvalue weighted by Crippen LogP contribution is 2.09. The van der Waals surface area contributed by atoms with Crippen LogP contribution < -0.4 is 5.32 Å². The zero-order valence-corrected chi connectivity index (χ0v) is 10.8. The van der Waals surface area contributed by atoms with Crippen molar-refractivity contribution in [2.24, 2.45) is 0 Å². The second kappa shape index (κ2) is 6.71. The third-order valence-electron chi connectivity index (χ3n) is 3.01. The molecular formula is C12H19N3OS. The van der Waals surface area contributed by atoms with Gasteiger partial charge in [0.1, 0.15) is 0 Å². The molecule has 0 aliphatic carbocycles. The Morgan fingerprint density at radius 1 is 1.41 bits per heavy atom. The largest absolute Gasteiger partial charge is 0.343 e. The van der Waals surface area contributed by atoms with Crippen molar-refractivity contribution in [3.63, 3.8) is 0 Å². The number of likely N-dealkylation sites (tertiary alicyclic amines) is 1. The molecule has 1 aliphatic rings. The second-order valence-electron chi connectivity index (χ2n) is 4.35. The van der Waals surface area contributed by atoms with Crippen molar-refractivity contribution in [1.82, 2.24) is 15.2 Å². The van der Waals surface area contributed by atoms with Crippen LogP contribution in [0.4, 0.5) is 0 Å². The van der Waals surface area contributed by atoms with Gasteiger partial charge in [0.15, 0.2) is 0 Å². The van der Waals surface area contributed by atoms with Gasteiger partial charge in [-0.25, -0.2) is 4.98 Å². The van der Waals surface area contributed by atoms with Gasteiger partial charge in [0.2, 0.25) is 5.91 Å². The van der Waals surface area contributed by atoms with Gasteiger partial charge in [0, 0.05) is 38.0 Å². The van der Waals surface area contributed by atoms with Gasteiger partial charge in [-0.3, -0.25) is 4.79 Å². The molecule has 2 rings (SSSR count). The van der Waals surface area contributed by atoms with Crippen molar-refractivity contribution in [2.45, 2.75) is 32.2 Å². The van der Waals surface area contributed by atoms with E-state index in [4.69, 9.17) is 0 Å². The summed E-state index contributed by atoms with van der Waals surface area (Å²) < 4.78 is 0. The highest BCUT2D eigenvalue weighted by atomic mass is 32.1. The molecule has 1 fully saturated rings. The number of rotatable bonds is 5. The Morgan fingerprint density at radius 2 is 2.24 bits per heavy atom. The monoisotopic (exact) mass is 253 g/mol. The summed E-state index contributed by atoms with van der Waals surface area (Å²) in [6.45, 7) is 3.40. The molecule has 0 aromatic carbocycles. The zero-order chi connectivity index (χ0) is 11.9. The average Bonchev–Trinajstić information content (AvgIpc) is 2.88. The summed E-state index contributed by atoms with van der Waals surface area (Å²) in [5, 5.41) is 5.28. The second-order valence-corrected chi connectivity index (χ2v) is 5.07. The molecule has 4 nitrogen and oxygen atoms in total. The first-order chi connectivity index (χ1) is 8.36. The molecule has 5 heteroatoms. The number of nitrogens with zero attached hydrogens (tertiary/aromatic N) is 2. The first-order valence-corrected chi connectivity index (χ1v) is 7.16. The number of hydrogen-bond acceptors (Lipinski definition) is 4. The molecule has 0 atom stereocenters. The van der Waals surface area contributed by atoms with Gasteiger partial charge < -0.3 is 10.2 Å². The van der Waals surface area contributed by atoms with Gasteiger partial charge in [-0.2, -0.15) is 0 Å². The van der Waals surface area contributed by atoms with E-state index >= 15 is 0 Å². The topological polar surface area (TPSA) is 45.2 Å². The maximum absolute atomic E-state index is 11.8. The molecule has 1 amide bonds. The van der Waals surface area contributed by atoms with Crippen LogP contribution in [0.25, 0.3) is 0 Å². The smallest absolute Gasteiger partial charge is 0.223 e. The summed E-state index contributed by atoms with van der Waals surface area (Å²) in [4.78, 5) is 18.0. The normalized spacial score (nSPS) is 16.1. The molecule has 17 heavy (non-hydrogen) atoms. The molecule has 2 heterocycles. The number of amides is 1. The summed E-state index contributed by atoms with van der Waals surface area (Å²) in [7, 11) is 0. The zero-order valence-electron chi connectivity index (χ0n) is 10.0. The van der Waals surface area contributed by atoms with E-state index in [2.05, 4.69) is 10.3 Å². The summed E-state index contributed by atoms with van der Waals surface area (Å²) in [5.41, 5.74) is 2.89. The fourth-order valence-electron chi connectivity index (χ4n) is 2.04. The number of aromatic nitrogens is 1. The maximum Gasteiger partial charge on any atom is 0.223 e. The minimum atomic E-state index is 0.287. The van der Waals surface area contributed by atoms with Crippen molar-refractivity contribution in [3.8, 4) is 0 Å². The molecule has 1 N–H and O–H groups in total. The molecule has 0 saturated carbocycles. The van der Waals surface area contributed by atoms with E-state index in [0.29, 0.717) is 6.42 Å². The molecule has 0 radical (unpaired) electrons. The van der Waals surface area contributed by atoms with Crippen molar-refractivity contribution >= 4 is 17.2 Å². The fourth-order valence-corrected chi connectivity index (χ4v) is 2.60. The number of thiazole rings is 1. The summed E-state index contributed by atoms with van der Waals surface area (Å²) in [5.74, 6) is 0.287. The van der Waals surface area contributed by atoms with E-state index in [9.17, 15) is 4.79 Å². The number of carbonyl (C=O) groups excluding carboxylic acids is 1. The predicted octanol–water partition coefficient (Wildman–Crippen LogP) is 1.64. The third-order valence-corrected chi connectivity index (χ3v) is 3.65. The van der Waals surface area contributed by atoms with E-state index in [0.717, 1.165) is 44.7 Å². The Bertz CT molecular complexity index is 334. The van der Waals surface area contributed by atoms with Crippen molar-refractivity contribution < 1.29 is 4.79 Å². The van der Waals surface area contributed by atoms with Crippen LogP contribution in [0.3, 0.4) is 0 Å². The van der Waals surface area contributed by atoms with E-state index in [1.165, 1.54) is 6.42 Å². The average molecular weight is 253 g/mol. The highest BCUT2D eigenvalue weighted by molar-refractivity contribution is 7.07. The number of hydrogen-bond donors (Lipinski definition) is 1. The van der Waals surface area contributed by atoms with Gasteiger partial charge in [0.25, 0.3) is 0 Å². The van der Waals surface area contributed by atoms with E-state index in [1.807, 2.05) is 15.8 Å². The molecule has 0 spiro atoms. The maximum atomic E-state index is 11.8. The Morgan fingerprint density at radius 3 is 2.94 bits per heavy atom. The van der Waals surface area contributed by atoms with E-state index < -0.39 is 0 Å². The lowest BCUT2D eigenvalue weighted by Crippen LogP contribution is -2.37. The van der Waals surface area contributed by atoms with Crippen molar-refractivity contribution in [2.75, 3.05) is 19.6 Å². The Balaban J connectivity index is 1.59. The molecule has 0 bridgehead atoms. The van der Waals surface area contributed by atoms with Gasteiger partial charge in [-0.1, -0.05) is 0 Å². The van der Waals surface area contributed by atoms with Gasteiger partial charge in [-0.05, 0) is 19.3 Å². The van der Waals surface area contributed by atoms with Crippen LogP contribution in [0.15, 0.2) is 10.9 Å². The van der Waals surface area contributed by atoms with Crippen LogP contribution in [0.2, 0.25) is 0 Å². The number of carbonyl (C=O) groups is 1. The Kier molecular flexibility index (Phi) is 4.94. The lowest BCUT2D eigenvalue weighted by Gasteiger charge is -2.26. The highest BCUT2D eigenvalue weighted by Gasteiger charge is 2.15. The fraction of sp³-hybridized carbons (Fsp3) is 0.667. The van der Waals surface area contributed by atoms with E-state index in [-0.39, 0.29) is 5.91 Å². The first kappa shape index (κ1) is 12.5. The van der Waals surface area contributed by atoms with Crippen LogP contribution in [-0.4, -0.2) is 35.4 Å². The van der Waals surface area contributed by atoms with E-state index in [1.54, 1.807) is 11.3 Å².